The lowest BCUT2D eigenvalue weighted by molar-refractivity contribution is 0.0953. The Labute approximate surface area is 170 Å². The second-order valence-electron chi connectivity index (χ2n) is 6.63. The molecule has 2 N–H and O–H groups in total. The Morgan fingerprint density at radius 2 is 1.66 bits per heavy atom. The van der Waals surface area contributed by atoms with Crippen LogP contribution in [0.2, 0.25) is 0 Å². The maximum absolute atomic E-state index is 12.4. The first-order valence-corrected chi connectivity index (χ1v) is 9.46. The molecule has 0 aliphatic rings. The van der Waals surface area contributed by atoms with Crippen LogP contribution < -0.4 is 10.7 Å². The third-order valence-corrected chi connectivity index (χ3v) is 4.43. The summed E-state index contributed by atoms with van der Waals surface area (Å²) >= 11 is 0. The number of hydrogen-bond donors (Lipinski definition) is 2. The summed E-state index contributed by atoms with van der Waals surface area (Å²) in [7, 11) is 0. The number of nitrogens with zero attached hydrogens (tertiary/aromatic N) is 1. The Morgan fingerprint density at radius 1 is 0.897 bits per heavy atom. The molecule has 0 saturated heterocycles. The van der Waals surface area contributed by atoms with E-state index < -0.39 is 0 Å². The highest BCUT2D eigenvalue weighted by molar-refractivity contribution is 6.06. The van der Waals surface area contributed by atoms with Crippen LogP contribution in [0.25, 0.3) is 0 Å². The summed E-state index contributed by atoms with van der Waals surface area (Å²) in [6.45, 7) is 1.88. The second kappa shape index (κ2) is 9.99. The Kier molecular flexibility index (Phi) is 6.90. The van der Waals surface area contributed by atoms with Crippen LogP contribution in [0.5, 0.6) is 0 Å². The van der Waals surface area contributed by atoms with Crippen LogP contribution in [0.3, 0.4) is 0 Å². The van der Waals surface area contributed by atoms with Gasteiger partial charge in [-0.2, -0.15) is 5.10 Å². The average molecular weight is 385 g/mol. The number of benzene rings is 3. The van der Waals surface area contributed by atoms with Crippen molar-refractivity contribution in [3.05, 3.63) is 101 Å². The monoisotopic (exact) mass is 385 g/mol. The summed E-state index contributed by atoms with van der Waals surface area (Å²) < 4.78 is 0. The minimum absolute atomic E-state index is 0.209. The molecule has 3 rings (SSSR count). The van der Waals surface area contributed by atoms with Crippen LogP contribution in [0.15, 0.2) is 84.0 Å². The van der Waals surface area contributed by atoms with Gasteiger partial charge in [0.2, 0.25) is 0 Å². The number of amides is 2. The van der Waals surface area contributed by atoms with Gasteiger partial charge in [-0.3, -0.25) is 9.59 Å². The molecule has 0 bridgehead atoms. The summed E-state index contributed by atoms with van der Waals surface area (Å²) in [5.74, 6) is -0.535. The van der Waals surface area contributed by atoms with Crippen LogP contribution >= 0.6 is 0 Å². The molecule has 0 spiro atoms. The van der Waals surface area contributed by atoms with Crippen molar-refractivity contribution in [1.82, 2.24) is 5.43 Å². The van der Waals surface area contributed by atoms with Crippen molar-refractivity contribution in [3.63, 3.8) is 0 Å². The quantitative estimate of drug-likeness (QED) is 0.461. The molecule has 0 aromatic heterocycles. The summed E-state index contributed by atoms with van der Waals surface area (Å²) in [5.41, 5.74) is 6.22. The minimum atomic E-state index is -0.326. The molecule has 29 heavy (non-hydrogen) atoms. The average Bonchev–Trinajstić information content (AvgIpc) is 2.74. The fourth-order valence-electron chi connectivity index (χ4n) is 2.87. The number of aryl methyl sites for hydroxylation is 2. The van der Waals surface area contributed by atoms with Gasteiger partial charge in [0.05, 0.1) is 0 Å². The van der Waals surface area contributed by atoms with Crippen molar-refractivity contribution in [2.45, 2.75) is 19.8 Å². The molecular weight excluding hydrogens is 362 g/mol. The molecule has 5 nitrogen and oxygen atoms in total. The van der Waals surface area contributed by atoms with Gasteiger partial charge in [0.15, 0.2) is 0 Å². The highest BCUT2D eigenvalue weighted by Crippen LogP contribution is 2.14. The molecule has 3 aromatic rings. The molecule has 0 radical (unpaired) electrons. The van der Waals surface area contributed by atoms with Crippen LogP contribution in [0, 0.1) is 6.92 Å². The number of carbonyl (C=O) groups excluding carboxylic acids is 2. The first-order valence-electron chi connectivity index (χ1n) is 9.46. The molecular formula is C24H23N3O2. The van der Waals surface area contributed by atoms with Gasteiger partial charge in [-0.25, -0.2) is 5.43 Å². The molecule has 0 fully saturated rings. The largest absolute Gasteiger partial charge is 0.322 e. The highest BCUT2D eigenvalue weighted by Gasteiger charge is 2.10. The predicted octanol–water partition coefficient (Wildman–Crippen LogP) is 4.60. The smallest absolute Gasteiger partial charge is 0.271 e. The molecule has 3 aromatic carbocycles. The van der Waals surface area contributed by atoms with E-state index in [4.69, 9.17) is 0 Å². The van der Waals surface area contributed by atoms with E-state index in [1.807, 2.05) is 43.3 Å². The predicted molar refractivity (Wildman–Crippen MR) is 116 cm³/mol. The molecule has 0 aliphatic heterocycles. The maximum atomic E-state index is 12.4. The van der Waals surface area contributed by atoms with E-state index >= 15 is 0 Å². The Balaban J connectivity index is 1.54. The Bertz CT molecular complexity index is 1010. The van der Waals surface area contributed by atoms with E-state index in [0.717, 1.165) is 18.4 Å². The second-order valence-corrected chi connectivity index (χ2v) is 6.63. The zero-order valence-electron chi connectivity index (χ0n) is 16.3. The van der Waals surface area contributed by atoms with Crippen molar-refractivity contribution in [3.8, 4) is 0 Å². The van der Waals surface area contributed by atoms with Crippen molar-refractivity contribution >= 4 is 23.7 Å². The lowest BCUT2D eigenvalue weighted by atomic mass is 10.1. The van der Waals surface area contributed by atoms with E-state index in [0.29, 0.717) is 16.8 Å². The zero-order valence-corrected chi connectivity index (χ0v) is 16.3. The van der Waals surface area contributed by atoms with Crippen molar-refractivity contribution < 1.29 is 9.59 Å². The van der Waals surface area contributed by atoms with E-state index in [1.165, 1.54) is 5.56 Å². The van der Waals surface area contributed by atoms with Gasteiger partial charge in [0, 0.05) is 23.0 Å². The fraction of sp³-hybridized carbons (Fsp3) is 0.125. The lowest BCUT2D eigenvalue weighted by Gasteiger charge is -2.08. The summed E-state index contributed by atoms with van der Waals surface area (Å²) in [6.07, 6.45) is 3.28. The van der Waals surface area contributed by atoms with E-state index in [1.54, 1.807) is 36.5 Å². The molecule has 0 unspecified atom stereocenters. The van der Waals surface area contributed by atoms with E-state index in [-0.39, 0.29) is 11.8 Å². The maximum Gasteiger partial charge on any atom is 0.271 e. The third kappa shape index (κ3) is 5.87. The van der Waals surface area contributed by atoms with Crippen LogP contribution in [0.4, 0.5) is 5.69 Å². The van der Waals surface area contributed by atoms with Gasteiger partial charge >= 0.3 is 0 Å². The molecule has 0 atom stereocenters. The SMILES string of the molecule is Cc1ccccc1C(=O)Nc1cccc(C(=O)NN=CCCc2ccccc2)c1. The van der Waals surface area contributed by atoms with Gasteiger partial charge < -0.3 is 5.32 Å². The lowest BCUT2D eigenvalue weighted by Crippen LogP contribution is -2.18. The molecule has 0 aliphatic carbocycles. The van der Waals surface area contributed by atoms with E-state index in [2.05, 4.69) is 28.0 Å². The topological polar surface area (TPSA) is 70.6 Å². The third-order valence-electron chi connectivity index (χ3n) is 4.43. The number of hydrazone groups is 1. The first kappa shape index (κ1) is 20.0. The van der Waals surface area contributed by atoms with Crippen molar-refractivity contribution in [1.29, 1.82) is 0 Å². The van der Waals surface area contributed by atoms with Gasteiger partial charge in [-0.05, 0) is 55.2 Å². The summed E-state index contributed by atoms with van der Waals surface area (Å²) in [5, 5.41) is 6.83. The first-order chi connectivity index (χ1) is 14.1. The number of carbonyl (C=O) groups is 2. The van der Waals surface area contributed by atoms with Gasteiger partial charge in [0.25, 0.3) is 11.8 Å². The van der Waals surface area contributed by atoms with Crippen molar-refractivity contribution in [2.24, 2.45) is 5.10 Å². The van der Waals surface area contributed by atoms with Gasteiger partial charge in [-0.1, -0.05) is 54.6 Å². The van der Waals surface area contributed by atoms with Crippen LogP contribution in [-0.4, -0.2) is 18.0 Å². The standard InChI is InChI=1S/C24H23N3O2/c1-18-9-5-6-15-22(18)24(29)26-21-14-7-13-20(17-21)23(28)27-25-16-8-12-19-10-3-2-4-11-19/h2-7,9-11,13-17H,8,12H2,1H3,(H,26,29)(H,27,28). The van der Waals surface area contributed by atoms with Crippen LogP contribution in [0.1, 0.15) is 38.3 Å². The summed E-state index contributed by atoms with van der Waals surface area (Å²) in [6, 6.07) is 24.2. The summed E-state index contributed by atoms with van der Waals surface area (Å²) in [4.78, 5) is 24.7. The minimum Gasteiger partial charge on any atom is -0.322 e. The number of anilines is 1. The number of rotatable bonds is 7. The molecule has 146 valence electrons. The van der Waals surface area contributed by atoms with Gasteiger partial charge in [-0.15, -0.1) is 0 Å². The molecule has 5 heteroatoms. The Hall–Kier alpha value is -3.73. The van der Waals surface area contributed by atoms with E-state index in [9.17, 15) is 9.59 Å². The van der Waals surface area contributed by atoms with Crippen molar-refractivity contribution in [2.75, 3.05) is 5.32 Å². The molecule has 0 heterocycles. The number of nitrogens with one attached hydrogen (secondary N) is 2. The highest BCUT2D eigenvalue weighted by atomic mass is 16.2. The fourth-order valence-corrected chi connectivity index (χ4v) is 2.87. The molecule has 0 saturated carbocycles. The Morgan fingerprint density at radius 3 is 2.45 bits per heavy atom. The van der Waals surface area contributed by atoms with Gasteiger partial charge in [0.1, 0.15) is 0 Å². The van der Waals surface area contributed by atoms with Crippen LogP contribution in [-0.2, 0) is 6.42 Å². The number of hydrogen-bond acceptors (Lipinski definition) is 3. The normalized spacial score (nSPS) is 10.7. The zero-order chi connectivity index (χ0) is 20.5. The molecule has 2 amide bonds.